The minimum atomic E-state index is 0.691. The van der Waals surface area contributed by atoms with Crippen LogP contribution in [0.3, 0.4) is 0 Å². The fourth-order valence-corrected chi connectivity index (χ4v) is 3.62. The van der Waals surface area contributed by atoms with E-state index in [2.05, 4.69) is 66.8 Å². The van der Waals surface area contributed by atoms with Crippen LogP contribution in [-0.2, 0) is 0 Å². The molecule has 0 bridgehead atoms. The second kappa shape index (κ2) is 6.02. The summed E-state index contributed by atoms with van der Waals surface area (Å²) in [5.41, 5.74) is 12.4. The van der Waals surface area contributed by atoms with Crippen molar-refractivity contribution in [2.75, 3.05) is 6.54 Å². The van der Waals surface area contributed by atoms with Gasteiger partial charge in [0, 0.05) is 0 Å². The SMILES string of the molecule is NCCC1=C/C(=C\c2cccc3c2=CCCC=3)c2ccccc21. The van der Waals surface area contributed by atoms with Crippen LogP contribution in [-0.4, -0.2) is 6.54 Å². The summed E-state index contributed by atoms with van der Waals surface area (Å²) in [6.45, 7) is 0.691. The van der Waals surface area contributed by atoms with E-state index >= 15 is 0 Å². The van der Waals surface area contributed by atoms with Crippen molar-refractivity contribution in [1.82, 2.24) is 0 Å². The Labute approximate surface area is 137 Å². The Kier molecular flexibility index (Phi) is 3.72. The van der Waals surface area contributed by atoms with Gasteiger partial charge < -0.3 is 5.73 Å². The Morgan fingerprint density at radius 1 is 0.913 bits per heavy atom. The largest absolute Gasteiger partial charge is 0.330 e. The van der Waals surface area contributed by atoms with Crippen LogP contribution in [0.1, 0.15) is 36.0 Å². The highest BCUT2D eigenvalue weighted by molar-refractivity contribution is 6.01. The molecule has 2 aliphatic carbocycles. The first kappa shape index (κ1) is 14.2. The van der Waals surface area contributed by atoms with Crippen LogP contribution in [0, 0.1) is 0 Å². The quantitative estimate of drug-likeness (QED) is 0.924. The molecule has 1 heteroatoms. The summed E-state index contributed by atoms with van der Waals surface area (Å²) in [7, 11) is 0. The third-order valence-corrected chi connectivity index (χ3v) is 4.69. The Hall–Kier alpha value is -2.38. The van der Waals surface area contributed by atoms with Crippen molar-refractivity contribution in [1.29, 1.82) is 0 Å². The van der Waals surface area contributed by atoms with Gasteiger partial charge in [0.15, 0.2) is 0 Å². The molecule has 0 saturated carbocycles. The summed E-state index contributed by atoms with van der Waals surface area (Å²) in [6.07, 6.45) is 12.6. The number of hydrogen-bond acceptors (Lipinski definition) is 1. The van der Waals surface area contributed by atoms with Gasteiger partial charge in [-0.15, -0.1) is 0 Å². The minimum Gasteiger partial charge on any atom is -0.330 e. The van der Waals surface area contributed by atoms with Crippen molar-refractivity contribution in [2.45, 2.75) is 19.3 Å². The van der Waals surface area contributed by atoms with E-state index in [0.717, 1.165) is 19.3 Å². The summed E-state index contributed by atoms with van der Waals surface area (Å²) in [5.74, 6) is 0. The molecular formula is C22H21N. The van der Waals surface area contributed by atoms with Gasteiger partial charge in [0.25, 0.3) is 0 Å². The summed E-state index contributed by atoms with van der Waals surface area (Å²) in [4.78, 5) is 0. The molecule has 0 spiro atoms. The smallest absolute Gasteiger partial charge is 0.00365 e. The first-order chi connectivity index (χ1) is 11.4. The predicted octanol–water partition coefficient (Wildman–Crippen LogP) is 3.33. The second-order valence-electron chi connectivity index (χ2n) is 6.19. The molecule has 0 fully saturated rings. The Morgan fingerprint density at radius 3 is 2.61 bits per heavy atom. The van der Waals surface area contributed by atoms with Gasteiger partial charge in [-0.25, -0.2) is 0 Å². The molecule has 0 aliphatic heterocycles. The predicted molar refractivity (Wildman–Crippen MR) is 99.8 cm³/mol. The van der Waals surface area contributed by atoms with Crippen LogP contribution in [0.15, 0.2) is 48.5 Å². The lowest BCUT2D eigenvalue weighted by Gasteiger charge is -2.06. The summed E-state index contributed by atoms with van der Waals surface area (Å²) in [6, 6.07) is 15.2. The van der Waals surface area contributed by atoms with Crippen molar-refractivity contribution in [2.24, 2.45) is 5.73 Å². The molecule has 0 unspecified atom stereocenters. The fraction of sp³-hybridized carbons (Fsp3) is 0.182. The minimum absolute atomic E-state index is 0.691. The van der Waals surface area contributed by atoms with Crippen LogP contribution in [0.25, 0.3) is 29.4 Å². The number of allylic oxidation sites excluding steroid dienone is 2. The molecule has 0 saturated heterocycles. The Bertz CT molecular complexity index is 929. The summed E-state index contributed by atoms with van der Waals surface area (Å²) in [5, 5.41) is 2.74. The molecule has 0 atom stereocenters. The maximum Gasteiger partial charge on any atom is -0.00365 e. The molecule has 2 aliphatic rings. The molecule has 0 aromatic heterocycles. The van der Waals surface area contributed by atoms with Crippen molar-refractivity contribution >= 4 is 29.4 Å². The van der Waals surface area contributed by atoms with E-state index < -0.39 is 0 Å². The highest BCUT2D eigenvalue weighted by Crippen LogP contribution is 2.37. The zero-order valence-electron chi connectivity index (χ0n) is 13.3. The van der Waals surface area contributed by atoms with E-state index in [9.17, 15) is 0 Å². The first-order valence-electron chi connectivity index (χ1n) is 8.38. The molecule has 2 aromatic carbocycles. The third-order valence-electron chi connectivity index (χ3n) is 4.69. The molecule has 114 valence electrons. The van der Waals surface area contributed by atoms with Crippen LogP contribution in [0.2, 0.25) is 0 Å². The second-order valence-corrected chi connectivity index (χ2v) is 6.19. The van der Waals surface area contributed by atoms with Gasteiger partial charge in [0.05, 0.1) is 0 Å². The number of nitrogens with two attached hydrogens (primary N) is 1. The molecule has 0 amide bonds. The Balaban J connectivity index is 1.88. The van der Waals surface area contributed by atoms with Gasteiger partial charge in [0.2, 0.25) is 0 Å². The lowest BCUT2D eigenvalue weighted by atomic mass is 9.99. The lowest BCUT2D eigenvalue weighted by Crippen LogP contribution is -2.28. The Morgan fingerprint density at radius 2 is 1.74 bits per heavy atom. The van der Waals surface area contributed by atoms with E-state index in [1.54, 1.807) is 0 Å². The molecule has 23 heavy (non-hydrogen) atoms. The maximum atomic E-state index is 5.79. The number of hydrogen-bond donors (Lipinski definition) is 1. The summed E-state index contributed by atoms with van der Waals surface area (Å²) < 4.78 is 0. The van der Waals surface area contributed by atoms with Gasteiger partial charge in [-0.1, -0.05) is 60.7 Å². The standard InChI is InChI=1S/C22H21N/c23-13-12-18-15-19(22-11-4-3-10-21(18)22)14-17-8-5-7-16-6-1-2-9-20(16)17/h3-11,14-15H,1-2,12-13,23H2/b19-14+. The molecular weight excluding hydrogens is 278 g/mol. The van der Waals surface area contributed by atoms with Crippen LogP contribution in [0.5, 0.6) is 0 Å². The fourth-order valence-electron chi connectivity index (χ4n) is 3.62. The molecule has 2 N–H and O–H groups in total. The van der Waals surface area contributed by atoms with Crippen molar-refractivity contribution in [3.63, 3.8) is 0 Å². The topological polar surface area (TPSA) is 26.0 Å². The number of benzene rings is 2. The normalized spacial score (nSPS) is 17.1. The van der Waals surface area contributed by atoms with E-state index in [0.29, 0.717) is 6.54 Å². The highest BCUT2D eigenvalue weighted by Gasteiger charge is 2.17. The van der Waals surface area contributed by atoms with Crippen LogP contribution < -0.4 is 16.2 Å². The average Bonchev–Trinajstić information content (AvgIpc) is 2.94. The van der Waals surface area contributed by atoms with E-state index in [4.69, 9.17) is 5.73 Å². The lowest BCUT2D eigenvalue weighted by molar-refractivity contribution is 1.02. The molecule has 0 radical (unpaired) electrons. The maximum absolute atomic E-state index is 5.79. The van der Waals surface area contributed by atoms with Gasteiger partial charge >= 0.3 is 0 Å². The molecule has 0 heterocycles. The average molecular weight is 299 g/mol. The van der Waals surface area contributed by atoms with Crippen molar-refractivity contribution in [3.8, 4) is 0 Å². The molecule has 1 nitrogen and oxygen atoms in total. The highest BCUT2D eigenvalue weighted by atomic mass is 14.5. The van der Waals surface area contributed by atoms with Crippen molar-refractivity contribution < 1.29 is 0 Å². The number of rotatable bonds is 3. The monoisotopic (exact) mass is 299 g/mol. The van der Waals surface area contributed by atoms with Gasteiger partial charge in [0.1, 0.15) is 0 Å². The van der Waals surface area contributed by atoms with E-state index in [1.165, 1.54) is 38.3 Å². The van der Waals surface area contributed by atoms with Crippen LogP contribution in [0.4, 0.5) is 0 Å². The first-order valence-corrected chi connectivity index (χ1v) is 8.38. The zero-order valence-corrected chi connectivity index (χ0v) is 13.3. The third kappa shape index (κ3) is 2.58. The molecule has 2 aromatic rings. The summed E-state index contributed by atoms with van der Waals surface area (Å²) >= 11 is 0. The van der Waals surface area contributed by atoms with Crippen molar-refractivity contribution in [3.05, 3.63) is 75.7 Å². The van der Waals surface area contributed by atoms with Gasteiger partial charge in [-0.05, 0) is 70.2 Å². The van der Waals surface area contributed by atoms with E-state index in [-0.39, 0.29) is 0 Å². The number of fused-ring (bicyclic) bond motifs is 2. The molecule has 4 rings (SSSR count). The van der Waals surface area contributed by atoms with Gasteiger partial charge in [-0.3, -0.25) is 0 Å². The zero-order chi connectivity index (χ0) is 15.6. The van der Waals surface area contributed by atoms with Crippen LogP contribution >= 0.6 is 0 Å². The van der Waals surface area contributed by atoms with E-state index in [1.807, 2.05) is 0 Å². The van der Waals surface area contributed by atoms with Gasteiger partial charge in [-0.2, -0.15) is 0 Å².